The molecule has 1 aromatic carbocycles. The number of nitrogens with zero attached hydrogens (tertiary/aromatic N) is 3. The number of nitrogens with one attached hydrogen (secondary N) is 1. The highest BCUT2D eigenvalue weighted by Gasteiger charge is 2.36. The van der Waals surface area contributed by atoms with E-state index < -0.39 is 15.6 Å². The summed E-state index contributed by atoms with van der Waals surface area (Å²) in [6, 6.07) is 7.78. The lowest BCUT2D eigenvalue weighted by Gasteiger charge is -2.34. The quantitative estimate of drug-likeness (QED) is 0.784. The van der Waals surface area contributed by atoms with Crippen LogP contribution in [0.5, 0.6) is 0 Å². The summed E-state index contributed by atoms with van der Waals surface area (Å²) < 4.78 is 27.6. The highest BCUT2D eigenvalue weighted by molar-refractivity contribution is 7.89. The van der Waals surface area contributed by atoms with Crippen LogP contribution in [0.15, 0.2) is 23.1 Å². The van der Waals surface area contributed by atoms with Crippen molar-refractivity contribution in [2.45, 2.75) is 55.4 Å². The van der Waals surface area contributed by atoms with Gasteiger partial charge in [0, 0.05) is 26.2 Å². The number of amides is 1. The molecular weight excluding hydrogens is 388 g/mol. The van der Waals surface area contributed by atoms with Gasteiger partial charge in [0.1, 0.15) is 5.54 Å². The van der Waals surface area contributed by atoms with Gasteiger partial charge in [-0.3, -0.25) is 9.69 Å². The summed E-state index contributed by atoms with van der Waals surface area (Å²) in [5.74, 6) is -0.150. The van der Waals surface area contributed by atoms with Crippen LogP contribution in [0.4, 0.5) is 0 Å². The topological polar surface area (TPSA) is 93.5 Å². The summed E-state index contributed by atoms with van der Waals surface area (Å²) >= 11 is 0. The SMILES string of the molecule is N#CC1(NC(=O)CN2CCN(S(=O)(=O)c3ccc4c(c3)CCC4)CC2)CCCC1. The molecule has 29 heavy (non-hydrogen) atoms. The van der Waals surface area contributed by atoms with Crippen molar-refractivity contribution in [2.75, 3.05) is 32.7 Å². The first-order chi connectivity index (χ1) is 13.9. The summed E-state index contributed by atoms with van der Waals surface area (Å²) in [4.78, 5) is 14.7. The Bertz CT molecular complexity index is 924. The van der Waals surface area contributed by atoms with Crippen molar-refractivity contribution in [3.05, 3.63) is 29.3 Å². The van der Waals surface area contributed by atoms with Crippen LogP contribution in [0.25, 0.3) is 0 Å². The van der Waals surface area contributed by atoms with Crippen molar-refractivity contribution in [3.8, 4) is 6.07 Å². The van der Waals surface area contributed by atoms with E-state index in [9.17, 15) is 18.5 Å². The Labute approximate surface area is 172 Å². The molecule has 0 bridgehead atoms. The van der Waals surface area contributed by atoms with Crippen molar-refractivity contribution in [3.63, 3.8) is 0 Å². The first-order valence-corrected chi connectivity index (χ1v) is 11.9. The smallest absolute Gasteiger partial charge is 0.243 e. The molecule has 0 spiro atoms. The standard InChI is InChI=1S/C21H28N4O3S/c22-16-21(8-1-2-9-21)23-20(26)15-24-10-12-25(13-11-24)29(27,28)19-7-6-17-4-3-5-18(17)14-19/h6-7,14H,1-5,8-13,15H2,(H,23,26). The first-order valence-electron chi connectivity index (χ1n) is 10.5. The Balaban J connectivity index is 1.33. The van der Waals surface area contributed by atoms with Crippen LogP contribution in [0.3, 0.4) is 0 Å². The molecule has 1 aromatic rings. The van der Waals surface area contributed by atoms with E-state index in [4.69, 9.17) is 0 Å². The van der Waals surface area contributed by atoms with Gasteiger partial charge in [-0.25, -0.2) is 8.42 Å². The highest BCUT2D eigenvalue weighted by atomic mass is 32.2. The summed E-state index contributed by atoms with van der Waals surface area (Å²) in [5, 5.41) is 12.3. The fourth-order valence-electron chi connectivity index (χ4n) is 4.74. The van der Waals surface area contributed by atoms with E-state index in [0.29, 0.717) is 43.9 Å². The second-order valence-corrected chi connectivity index (χ2v) is 10.4. The minimum atomic E-state index is -3.50. The zero-order chi connectivity index (χ0) is 20.5. The lowest BCUT2D eigenvalue weighted by molar-refractivity contribution is -0.123. The fraction of sp³-hybridized carbons (Fsp3) is 0.619. The molecule has 1 N–H and O–H groups in total. The van der Waals surface area contributed by atoms with E-state index >= 15 is 0 Å². The molecule has 0 atom stereocenters. The molecule has 156 valence electrons. The highest BCUT2D eigenvalue weighted by Crippen LogP contribution is 2.29. The lowest BCUT2D eigenvalue weighted by atomic mass is 10.00. The van der Waals surface area contributed by atoms with Crippen molar-refractivity contribution in [1.29, 1.82) is 5.26 Å². The molecule has 7 nitrogen and oxygen atoms in total. The maximum atomic E-state index is 13.0. The normalized spacial score (nSPS) is 22.2. The Morgan fingerprint density at radius 1 is 1.07 bits per heavy atom. The molecule has 2 aliphatic carbocycles. The molecule has 1 heterocycles. The predicted octanol–water partition coefficient (Wildman–Crippen LogP) is 1.43. The number of fused-ring (bicyclic) bond motifs is 1. The van der Waals surface area contributed by atoms with Crippen molar-refractivity contribution >= 4 is 15.9 Å². The molecule has 1 aliphatic heterocycles. The lowest BCUT2D eigenvalue weighted by Crippen LogP contribution is -2.53. The number of carbonyl (C=O) groups excluding carboxylic acids is 1. The van der Waals surface area contributed by atoms with Crippen LogP contribution in [-0.4, -0.2) is 61.8 Å². The van der Waals surface area contributed by atoms with E-state index in [2.05, 4.69) is 11.4 Å². The number of carbonyl (C=O) groups is 1. The Morgan fingerprint density at radius 3 is 2.45 bits per heavy atom. The minimum absolute atomic E-state index is 0.150. The van der Waals surface area contributed by atoms with E-state index in [1.807, 2.05) is 17.0 Å². The van der Waals surface area contributed by atoms with Gasteiger partial charge in [-0.05, 0) is 68.2 Å². The van der Waals surface area contributed by atoms with Crippen LogP contribution < -0.4 is 5.32 Å². The molecule has 1 amide bonds. The maximum absolute atomic E-state index is 13.0. The second-order valence-electron chi connectivity index (χ2n) is 8.41. The molecule has 3 aliphatic rings. The van der Waals surface area contributed by atoms with Gasteiger partial charge in [0.05, 0.1) is 17.5 Å². The zero-order valence-corrected chi connectivity index (χ0v) is 17.5. The molecule has 0 unspecified atom stereocenters. The van der Waals surface area contributed by atoms with Gasteiger partial charge in [0.15, 0.2) is 0 Å². The number of sulfonamides is 1. The van der Waals surface area contributed by atoms with Gasteiger partial charge in [-0.1, -0.05) is 6.07 Å². The number of benzene rings is 1. The number of hydrogen-bond acceptors (Lipinski definition) is 5. The largest absolute Gasteiger partial charge is 0.337 e. The molecular formula is C21H28N4O3S. The van der Waals surface area contributed by atoms with Gasteiger partial charge in [0.2, 0.25) is 15.9 Å². The first kappa shape index (κ1) is 20.3. The van der Waals surface area contributed by atoms with Crippen LogP contribution in [0.1, 0.15) is 43.2 Å². The molecule has 1 saturated carbocycles. The molecule has 8 heteroatoms. The van der Waals surface area contributed by atoms with E-state index in [-0.39, 0.29) is 12.5 Å². The third-order valence-electron chi connectivity index (χ3n) is 6.46. The summed E-state index contributed by atoms with van der Waals surface area (Å²) in [6.45, 7) is 1.97. The summed E-state index contributed by atoms with van der Waals surface area (Å²) in [7, 11) is -3.50. The number of aryl methyl sites for hydroxylation is 2. The van der Waals surface area contributed by atoms with Gasteiger partial charge in [-0.2, -0.15) is 9.57 Å². The van der Waals surface area contributed by atoms with Gasteiger partial charge < -0.3 is 5.32 Å². The Kier molecular flexibility index (Phi) is 5.65. The Morgan fingerprint density at radius 2 is 1.76 bits per heavy atom. The second kappa shape index (κ2) is 8.05. The van der Waals surface area contributed by atoms with Crippen molar-refractivity contribution in [1.82, 2.24) is 14.5 Å². The monoisotopic (exact) mass is 416 g/mol. The van der Waals surface area contributed by atoms with E-state index in [0.717, 1.165) is 37.7 Å². The number of hydrogen-bond donors (Lipinski definition) is 1. The van der Waals surface area contributed by atoms with Gasteiger partial charge >= 0.3 is 0 Å². The molecule has 2 fully saturated rings. The van der Waals surface area contributed by atoms with Crippen LogP contribution in [0, 0.1) is 11.3 Å². The predicted molar refractivity (Wildman–Crippen MR) is 109 cm³/mol. The maximum Gasteiger partial charge on any atom is 0.243 e. The number of rotatable bonds is 5. The Hall–Kier alpha value is -1.95. The van der Waals surface area contributed by atoms with Crippen molar-refractivity contribution < 1.29 is 13.2 Å². The summed E-state index contributed by atoms with van der Waals surface area (Å²) in [6.07, 6.45) is 6.42. The van der Waals surface area contributed by atoms with Crippen LogP contribution >= 0.6 is 0 Å². The van der Waals surface area contributed by atoms with Crippen LogP contribution in [-0.2, 0) is 27.7 Å². The summed E-state index contributed by atoms with van der Waals surface area (Å²) in [5.41, 5.74) is 1.70. The van der Waals surface area contributed by atoms with Crippen LogP contribution in [0.2, 0.25) is 0 Å². The third-order valence-corrected chi connectivity index (χ3v) is 8.35. The average Bonchev–Trinajstić information content (AvgIpc) is 3.37. The zero-order valence-electron chi connectivity index (χ0n) is 16.7. The molecule has 0 aromatic heterocycles. The van der Waals surface area contributed by atoms with Gasteiger partial charge in [0.25, 0.3) is 0 Å². The van der Waals surface area contributed by atoms with Crippen molar-refractivity contribution in [2.24, 2.45) is 0 Å². The molecule has 1 saturated heterocycles. The third kappa shape index (κ3) is 4.18. The molecule has 0 radical (unpaired) electrons. The van der Waals surface area contributed by atoms with Gasteiger partial charge in [-0.15, -0.1) is 0 Å². The number of piperazine rings is 1. The molecule has 4 rings (SSSR count). The van der Waals surface area contributed by atoms with E-state index in [1.165, 1.54) is 9.87 Å². The fourth-order valence-corrected chi connectivity index (χ4v) is 6.21. The minimum Gasteiger partial charge on any atom is -0.337 e. The van der Waals surface area contributed by atoms with E-state index in [1.54, 1.807) is 6.07 Å². The average molecular weight is 417 g/mol. The number of nitriles is 1.